The molecule has 5 heteroatoms. The second kappa shape index (κ2) is 5.53. The van der Waals surface area contributed by atoms with Gasteiger partial charge in [0.25, 0.3) is 0 Å². The third-order valence-electron chi connectivity index (χ3n) is 4.01. The summed E-state index contributed by atoms with van der Waals surface area (Å²) < 4.78 is 0. The Morgan fingerprint density at radius 3 is 2.50 bits per heavy atom. The monoisotopic (exact) mass is 269 g/mol. The van der Waals surface area contributed by atoms with E-state index >= 15 is 0 Å². The zero-order valence-electron chi connectivity index (χ0n) is 11.1. The molecule has 1 aliphatic heterocycles. The van der Waals surface area contributed by atoms with Crippen molar-refractivity contribution >= 4 is 23.1 Å². The number of nitrogens with zero attached hydrogens (tertiary/aromatic N) is 1. The van der Waals surface area contributed by atoms with E-state index < -0.39 is 5.41 Å². The predicted octanol–water partition coefficient (Wildman–Crippen LogP) is 1.04. The Labute approximate surface area is 114 Å². The fraction of sp³-hybridized carbons (Fsp3) is 0.846. The molecule has 3 N–H and O–H groups in total. The van der Waals surface area contributed by atoms with E-state index in [1.807, 2.05) is 0 Å². The number of carbonyl (C=O) groups is 1. The lowest BCUT2D eigenvalue weighted by atomic mass is 10.1. The van der Waals surface area contributed by atoms with E-state index in [0.717, 1.165) is 32.5 Å². The molecule has 0 aromatic heterocycles. The SMILES string of the molecule is CC(CN1CCCCC1)NC(=O)C1(C(N)=S)CC1. The Morgan fingerprint density at radius 2 is 2.00 bits per heavy atom. The van der Waals surface area contributed by atoms with Crippen molar-refractivity contribution in [2.75, 3.05) is 19.6 Å². The van der Waals surface area contributed by atoms with Crippen molar-refractivity contribution in [3.05, 3.63) is 0 Å². The quantitative estimate of drug-likeness (QED) is 0.732. The summed E-state index contributed by atoms with van der Waals surface area (Å²) in [5, 5.41) is 3.06. The summed E-state index contributed by atoms with van der Waals surface area (Å²) in [5.74, 6) is 0.0273. The molecule has 0 aromatic rings. The van der Waals surface area contributed by atoms with Gasteiger partial charge in [-0.25, -0.2) is 0 Å². The van der Waals surface area contributed by atoms with Crippen molar-refractivity contribution in [3.8, 4) is 0 Å². The lowest BCUT2D eigenvalue weighted by molar-refractivity contribution is -0.124. The second-order valence-corrected chi connectivity index (χ2v) is 6.12. The van der Waals surface area contributed by atoms with Crippen LogP contribution in [0.25, 0.3) is 0 Å². The van der Waals surface area contributed by atoms with Crippen LogP contribution < -0.4 is 11.1 Å². The first kappa shape index (κ1) is 13.7. The summed E-state index contributed by atoms with van der Waals surface area (Å²) in [6, 6.07) is 0.169. The molecule has 2 fully saturated rings. The fourth-order valence-corrected chi connectivity index (χ4v) is 2.94. The van der Waals surface area contributed by atoms with Crippen LogP contribution in [0.2, 0.25) is 0 Å². The Hall–Kier alpha value is -0.680. The van der Waals surface area contributed by atoms with Gasteiger partial charge in [0.1, 0.15) is 0 Å². The Kier molecular flexibility index (Phi) is 4.22. The number of rotatable bonds is 5. The highest BCUT2D eigenvalue weighted by atomic mass is 32.1. The van der Waals surface area contributed by atoms with Gasteiger partial charge in [-0.2, -0.15) is 0 Å². The maximum atomic E-state index is 12.1. The zero-order chi connectivity index (χ0) is 13.2. The Bertz CT molecular complexity index is 335. The highest BCUT2D eigenvalue weighted by Gasteiger charge is 2.52. The average Bonchev–Trinajstić information content (AvgIpc) is 3.11. The van der Waals surface area contributed by atoms with E-state index in [9.17, 15) is 4.79 Å². The van der Waals surface area contributed by atoms with Gasteiger partial charge in [-0.05, 0) is 45.7 Å². The van der Waals surface area contributed by atoms with Gasteiger partial charge in [0.15, 0.2) is 0 Å². The molecule has 1 saturated carbocycles. The third kappa shape index (κ3) is 3.01. The third-order valence-corrected chi connectivity index (χ3v) is 4.41. The summed E-state index contributed by atoms with van der Waals surface area (Å²) in [7, 11) is 0. The molecule has 0 spiro atoms. The van der Waals surface area contributed by atoms with Gasteiger partial charge in [-0.15, -0.1) is 0 Å². The molecule has 0 aromatic carbocycles. The zero-order valence-corrected chi connectivity index (χ0v) is 11.9. The normalized spacial score (nSPS) is 24.3. The van der Waals surface area contributed by atoms with E-state index in [2.05, 4.69) is 17.1 Å². The number of likely N-dealkylation sites (tertiary alicyclic amines) is 1. The number of hydrogen-bond acceptors (Lipinski definition) is 3. The molecule has 4 nitrogen and oxygen atoms in total. The largest absolute Gasteiger partial charge is 0.392 e. The molecule has 1 aliphatic carbocycles. The van der Waals surface area contributed by atoms with Crippen molar-refractivity contribution < 1.29 is 4.79 Å². The average molecular weight is 269 g/mol. The predicted molar refractivity (Wildman–Crippen MR) is 76.3 cm³/mol. The molecular weight excluding hydrogens is 246 g/mol. The topological polar surface area (TPSA) is 58.4 Å². The molecule has 0 radical (unpaired) electrons. The smallest absolute Gasteiger partial charge is 0.233 e. The van der Waals surface area contributed by atoms with Crippen LogP contribution >= 0.6 is 12.2 Å². The first-order valence-corrected chi connectivity index (χ1v) is 7.29. The molecular formula is C13H23N3OS. The minimum Gasteiger partial charge on any atom is -0.392 e. The van der Waals surface area contributed by atoms with Gasteiger partial charge >= 0.3 is 0 Å². The Balaban J connectivity index is 1.78. The fourth-order valence-electron chi connectivity index (χ4n) is 2.65. The number of nitrogens with two attached hydrogens (primary N) is 1. The van der Waals surface area contributed by atoms with Crippen LogP contribution in [0.3, 0.4) is 0 Å². The van der Waals surface area contributed by atoms with E-state index in [0.29, 0.717) is 4.99 Å². The summed E-state index contributed by atoms with van der Waals surface area (Å²) in [6.07, 6.45) is 5.51. The number of amides is 1. The van der Waals surface area contributed by atoms with Gasteiger partial charge in [-0.3, -0.25) is 4.79 Å². The molecule has 2 aliphatic rings. The van der Waals surface area contributed by atoms with E-state index in [1.165, 1.54) is 19.3 Å². The number of hydrogen-bond donors (Lipinski definition) is 2. The van der Waals surface area contributed by atoms with Crippen molar-refractivity contribution in [1.82, 2.24) is 10.2 Å². The van der Waals surface area contributed by atoms with Crippen molar-refractivity contribution in [2.45, 2.75) is 45.1 Å². The van der Waals surface area contributed by atoms with E-state index in [1.54, 1.807) is 0 Å². The number of carbonyl (C=O) groups excluding carboxylic acids is 1. The molecule has 1 saturated heterocycles. The summed E-state index contributed by atoms with van der Waals surface area (Å²) in [5.41, 5.74) is 5.13. The number of thiocarbonyl (C=S) groups is 1. The first-order chi connectivity index (χ1) is 8.54. The van der Waals surface area contributed by atoms with E-state index in [-0.39, 0.29) is 11.9 Å². The minimum atomic E-state index is -0.522. The molecule has 1 heterocycles. The van der Waals surface area contributed by atoms with Crippen LogP contribution in [0.5, 0.6) is 0 Å². The highest BCUT2D eigenvalue weighted by Crippen LogP contribution is 2.46. The van der Waals surface area contributed by atoms with Gasteiger partial charge in [0.05, 0.1) is 10.4 Å². The minimum absolute atomic E-state index is 0.0273. The van der Waals surface area contributed by atoms with Crippen LogP contribution in [0, 0.1) is 5.41 Å². The molecule has 0 bridgehead atoms. The van der Waals surface area contributed by atoms with Crippen molar-refractivity contribution in [2.24, 2.45) is 11.1 Å². The maximum Gasteiger partial charge on any atom is 0.233 e. The van der Waals surface area contributed by atoms with Crippen LogP contribution in [0.1, 0.15) is 39.0 Å². The Morgan fingerprint density at radius 1 is 1.39 bits per heavy atom. The summed E-state index contributed by atoms with van der Waals surface area (Å²) in [6.45, 7) is 5.29. The lowest BCUT2D eigenvalue weighted by Gasteiger charge is -2.30. The summed E-state index contributed by atoms with van der Waals surface area (Å²) >= 11 is 4.99. The molecule has 1 unspecified atom stereocenters. The number of piperidine rings is 1. The van der Waals surface area contributed by atoms with Crippen LogP contribution in [0.4, 0.5) is 0 Å². The van der Waals surface area contributed by atoms with E-state index in [4.69, 9.17) is 18.0 Å². The molecule has 2 rings (SSSR count). The molecule has 18 heavy (non-hydrogen) atoms. The van der Waals surface area contributed by atoms with Crippen LogP contribution in [0.15, 0.2) is 0 Å². The lowest BCUT2D eigenvalue weighted by Crippen LogP contribution is -2.48. The van der Waals surface area contributed by atoms with Crippen molar-refractivity contribution in [1.29, 1.82) is 0 Å². The molecule has 1 atom stereocenters. The standard InChI is InChI=1S/C13H23N3OS/c1-10(9-16-7-3-2-4-8-16)15-12(17)13(5-6-13)11(14)18/h10H,2-9H2,1H3,(H2,14,18)(H,15,17). The van der Waals surface area contributed by atoms with Crippen LogP contribution in [-0.4, -0.2) is 41.5 Å². The maximum absolute atomic E-state index is 12.1. The van der Waals surface area contributed by atoms with Gasteiger partial charge in [0, 0.05) is 12.6 Å². The van der Waals surface area contributed by atoms with Gasteiger partial charge in [-0.1, -0.05) is 18.6 Å². The van der Waals surface area contributed by atoms with Gasteiger partial charge in [0.2, 0.25) is 5.91 Å². The number of nitrogens with one attached hydrogen (secondary N) is 1. The highest BCUT2D eigenvalue weighted by molar-refractivity contribution is 7.80. The van der Waals surface area contributed by atoms with Crippen LogP contribution in [-0.2, 0) is 4.79 Å². The molecule has 102 valence electrons. The van der Waals surface area contributed by atoms with Gasteiger partial charge < -0.3 is 16.0 Å². The van der Waals surface area contributed by atoms with Crippen molar-refractivity contribution in [3.63, 3.8) is 0 Å². The summed E-state index contributed by atoms with van der Waals surface area (Å²) in [4.78, 5) is 14.9. The second-order valence-electron chi connectivity index (χ2n) is 5.68. The first-order valence-electron chi connectivity index (χ1n) is 6.88. The molecule has 1 amide bonds.